The lowest BCUT2D eigenvalue weighted by Gasteiger charge is -2.31. The summed E-state index contributed by atoms with van der Waals surface area (Å²) in [5.41, 5.74) is 7.02. The second-order valence-corrected chi connectivity index (χ2v) is 8.88. The van der Waals surface area contributed by atoms with Crippen molar-refractivity contribution in [2.24, 2.45) is 11.1 Å². The van der Waals surface area contributed by atoms with Crippen LogP contribution in [0.3, 0.4) is 0 Å². The highest BCUT2D eigenvalue weighted by Gasteiger charge is 2.28. The molecule has 1 aromatic rings. The number of primary amides is 1. The van der Waals surface area contributed by atoms with Gasteiger partial charge in [-0.05, 0) is 37.5 Å². The molecule has 1 amide bonds. The number of piperidine rings is 1. The maximum atomic E-state index is 11.0. The van der Waals surface area contributed by atoms with E-state index in [-0.39, 0.29) is 5.91 Å². The number of nitrogens with one attached hydrogen (secondary N) is 1. The minimum atomic E-state index is -0.229. The van der Waals surface area contributed by atoms with E-state index in [0.717, 1.165) is 38.9 Å². The van der Waals surface area contributed by atoms with Gasteiger partial charge >= 0.3 is 0 Å². The van der Waals surface area contributed by atoms with Crippen LogP contribution < -0.4 is 11.1 Å². The molecular formula is C17H28N4OS. The lowest BCUT2D eigenvalue weighted by Crippen LogP contribution is -2.45. The van der Waals surface area contributed by atoms with Gasteiger partial charge in [-0.25, -0.2) is 4.98 Å². The predicted molar refractivity (Wildman–Crippen MR) is 93.4 cm³/mol. The SMILES string of the molecule is CC1(C)CCc2nc(CNC3CCN(CC(N)=O)CC3)sc2C1. The highest BCUT2D eigenvalue weighted by molar-refractivity contribution is 7.11. The number of aryl methyl sites for hydroxylation is 1. The first kappa shape index (κ1) is 16.9. The molecule has 2 heterocycles. The van der Waals surface area contributed by atoms with Gasteiger partial charge in [0.25, 0.3) is 0 Å². The second kappa shape index (κ2) is 6.87. The summed E-state index contributed by atoms with van der Waals surface area (Å²) in [4.78, 5) is 19.4. The fourth-order valence-corrected chi connectivity index (χ4v) is 4.90. The van der Waals surface area contributed by atoms with Crippen LogP contribution in [0.15, 0.2) is 0 Å². The van der Waals surface area contributed by atoms with E-state index < -0.39 is 0 Å². The van der Waals surface area contributed by atoms with E-state index >= 15 is 0 Å². The van der Waals surface area contributed by atoms with E-state index in [1.165, 1.54) is 28.4 Å². The number of aromatic nitrogens is 1. The van der Waals surface area contributed by atoms with Crippen molar-refractivity contribution in [3.8, 4) is 0 Å². The lowest BCUT2D eigenvalue weighted by molar-refractivity contribution is -0.119. The summed E-state index contributed by atoms with van der Waals surface area (Å²) < 4.78 is 0. The molecule has 0 radical (unpaired) electrons. The average molecular weight is 337 g/mol. The van der Waals surface area contributed by atoms with Gasteiger partial charge in [-0.15, -0.1) is 11.3 Å². The van der Waals surface area contributed by atoms with Gasteiger partial charge in [-0.2, -0.15) is 0 Å². The Morgan fingerprint density at radius 2 is 2.17 bits per heavy atom. The molecule has 5 nitrogen and oxygen atoms in total. The second-order valence-electron chi connectivity index (χ2n) is 7.72. The predicted octanol–water partition coefficient (Wildman–Crippen LogP) is 1.70. The normalized spacial score (nSPS) is 22.0. The summed E-state index contributed by atoms with van der Waals surface area (Å²) in [7, 11) is 0. The van der Waals surface area contributed by atoms with E-state index in [2.05, 4.69) is 24.1 Å². The molecular weight excluding hydrogens is 308 g/mol. The molecule has 0 unspecified atom stereocenters. The van der Waals surface area contributed by atoms with Crippen LogP contribution >= 0.6 is 11.3 Å². The van der Waals surface area contributed by atoms with Crippen LogP contribution in [0.1, 0.15) is 48.7 Å². The zero-order valence-corrected chi connectivity index (χ0v) is 15.0. The van der Waals surface area contributed by atoms with Crippen molar-refractivity contribution in [1.82, 2.24) is 15.2 Å². The fraction of sp³-hybridized carbons (Fsp3) is 0.765. The first-order valence-electron chi connectivity index (χ1n) is 8.63. The van der Waals surface area contributed by atoms with E-state index in [1.807, 2.05) is 11.3 Å². The van der Waals surface area contributed by atoms with E-state index in [1.54, 1.807) is 0 Å². The molecule has 1 aromatic heterocycles. The van der Waals surface area contributed by atoms with E-state index in [0.29, 0.717) is 18.0 Å². The van der Waals surface area contributed by atoms with Crippen LogP contribution in [0.2, 0.25) is 0 Å². The molecule has 1 aliphatic heterocycles. The minimum absolute atomic E-state index is 0.229. The van der Waals surface area contributed by atoms with Crippen LogP contribution in [0.25, 0.3) is 0 Å². The number of hydrogen-bond acceptors (Lipinski definition) is 5. The molecule has 0 atom stereocenters. The Bertz CT molecular complexity index is 561. The summed E-state index contributed by atoms with van der Waals surface area (Å²) in [5, 5.41) is 4.88. The van der Waals surface area contributed by atoms with Gasteiger partial charge < -0.3 is 11.1 Å². The fourth-order valence-electron chi connectivity index (χ4n) is 3.57. The first-order chi connectivity index (χ1) is 10.9. The highest BCUT2D eigenvalue weighted by Crippen LogP contribution is 2.37. The quantitative estimate of drug-likeness (QED) is 0.858. The number of fused-ring (bicyclic) bond motifs is 1. The maximum Gasteiger partial charge on any atom is 0.231 e. The van der Waals surface area contributed by atoms with Crippen LogP contribution in [0.5, 0.6) is 0 Å². The van der Waals surface area contributed by atoms with Crippen molar-refractivity contribution >= 4 is 17.2 Å². The molecule has 0 saturated carbocycles. The Balaban J connectivity index is 1.47. The summed E-state index contributed by atoms with van der Waals surface area (Å²) in [6, 6.07) is 0.525. The van der Waals surface area contributed by atoms with Crippen molar-refractivity contribution in [1.29, 1.82) is 0 Å². The Labute approximate surface area is 142 Å². The van der Waals surface area contributed by atoms with Gasteiger partial charge in [0.05, 0.1) is 12.2 Å². The smallest absolute Gasteiger partial charge is 0.231 e. The Morgan fingerprint density at radius 1 is 1.43 bits per heavy atom. The molecule has 6 heteroatoms. The van der Waals surface area contributed by atoms with E-state index in [9.17, 15) is 4.79 Å². The molecule has 23 heavy (non-hydrogen) atoms. The van der Waals surface area contributed by atoms with Gasteiger partial charge in [-0.3, -0.25) is 9.69 Å². The number of amides is 1. The minimum Gasteiger partial charge on any atom is -0.369 e. The monoisotopic (exact) mass is 336 g/mol. The Morgan fingerprint density at radius 3 is 2.87 bits per heavy atom. The zero-order chi connectivity index (χ0) is 16.4. The number of carbonyl (C=O) groups is 1. The summed E-state index contributed by atoms with van der Waals surface area (Å²) in [5.74, 6) is -0.229. The molecule has 0 spiro atoms. The van der Waals surface area contributed by atoms with Crippen LogP contribution in [-0.2, 0) is 24.2 Å². The standard InChI is InChI=1S/C17H28N4OS/c1-17(2)6-3-13-14(9-17)23-16(20-13)10-19-12-4-7-21(8-5-12)11-15(18)22/h12,19H,3-11H2,1-2H3,(H2,18,22). The van der Waals surface area contributed by atoms with Gasteiger partial charge in [0.2, 0.25) is 5.91 Å². The number of thiazole rings is 1. The largest absolute Gasteiger partial charge is 0.369 e. The number of nitrogens with two attached hydrogens (primary N) is 1. The van der Waals surface area contributed by atoms with Gasteiger partial charge in [0.15, 0.2) is 0 Å². The molecule has 0 aromatic carbocycles. The summed E-state index contributed by atoms with van der Waals surface area (Å²) in [6.45, 7) is 7.87. The summed E-state index contributed by atoms with van der Waals surface area (Å²) >= 11 is 1.89. The van der Waals surface area contributed by atoms with Crippen molar-refractivity contribution in [3.05, 3.63) is 15.6 Å². The van der Waals surface area contributed by atoms with Crippen molar-refractivity contribution in [3.63, 3.8) is 0 Å². The third-order valence-electron chi connectivity index (χ3n) is 5.01. The zero-order valence-electron chi connectivity index (χ0n) is 14.2. The average Bonchev–Trinajstić information content (AvgIpc) is 2.86. The molecule has 1 aliphatic carbocycles. The van der Waals surface area contributed by atoms with Crippen molar-refractivity contribution in [2.45, 2.75) is 58.5 Å². The van der Waals surface area contributed by atoms with Gasteiger partial charge in [0, 0.05) is 30.6 Å². The molecule has 3 rings (SSSR count). The van der Waals surface area contributed by atoms with Gasteiger partial charge in [0.1, 0.15) is 5.01 Å². The number of likely N-dealkylation sites (tertiary alicyclic amines) is 1. The van der Waals surface area contributed by atoms with Gasteiger partial charge in [-0.1, -0.05) is 13.8 Å². The van der Waals surface area contributed by atoms with Crippen LogP contribution in [0.4, 0.5) is 0 Å². The molecule has 1 saturated heterocycles. The first-order valence-corrected chi connectivity index (χ1v) is 9.44. The number of hydrogen-bond donors (Lipinski definition) is 2. The Hall–Kier alpha value is -0.980. The molecule has 2 aliphatic rings. The molecule has 3 N–H and O–H groups in total. The lowest BCUT2D eigenvalue weighted by atomic mass is 9.79. The molecule has 1 fully saturated rings. The van der Waals surface area contributed by atoms with Crippen LogP contribution in [0, 0.1) is 5.41 Å². The van der Waals surface area contributed by atoms with E-state index in [4.69, 9.17) is 10.7 Å². The third kappa shape index (κ3) is 4.52. The number of nitrogens with zero attached hydrogens (tertiary/aromatic N) is 2. The van der Waals surface area contributed by atoms with Crippen molar-refractivity contribution in [2.75, 3.05) is 19.6 Å². The summed E-state index contributed by atoms with van der Waals surface area (Å²) in [6.07, 6.45) is 5.70. The number of carbonyl (C=O) groups excluding carboxylic acids is 1. The molecule has 0 bridgehead atoms. The van der Waals surface area contributed by atoms with Crippen molar-refractivity contribution < 1.29 is 4.79 Å². The van der Waals surface area contributed by atoms with Crippen LogP contribution in [-0.4, -0.2) is 41.5 Å². The third-order valence-corrected chi connectivity index (χ3v) is 6.11. The Kier molecular flexibility index (Phi) is 5.04. The number of rotatable bonds is 5. The highest BCUT2D eigenvalue weighted by atomic mass is 32.1. The molecule has 128 valence electrons. The topological polar surface area (TPSA) is 71.2 Å². The maximum absolute atomic E-state index is 11.0.